The van der Waals surface area contributed by atoms with E-state index in [1.807, 2.05) is 0 Å². The molecule has 0 unspecified atom stereocenters. The number of rotatable bonds is 1. The van der Waals surface area contributed by atoms with Crippen molar-refractivity contribution in [3.05, 3.63) is 41.0 Å². The van der Waals surface area contributed by atoms with Crippen LogP contribution in [-0.4, -0.2) is 0 Å². The average molecular weight is 190 g/mol. The number of halogens is 4. The maximum Gasteiger partial charge on any atom is 0.198 e. The minimum atomic E-state index is -1.81. The maximum absolute atomic E-state index is 12.9. The fraction of sp³-hybridized carbons (Fsp3) is 0.111. The van der Waals surface area contributed by atoms with Gasteiger partial charge in [0.25, 0.3) is 0 Å². The van der Waals surface area contributed by atoms with Gasteiger partial charge in [-0.05, 0) is 12.5 Å². The van der Waals surface area contributed by atoms with E-state index in [2.05, 4.69) is 6.58 Å². The second-order valence-electron chi connectivity index (χ2n) is 2.50. The highest BCUT2D eigenvalue weighted by Crippen LogP contribution is 2.23. The molecule has 0 saturated heterocycles. The van der Waals surface area contributed by atoms with Crippen molar-refractivity contribution in [2.75, 3.05) is 0 Å². The molecule has 0 radical (unpaired) electrons. The quantitative estimate of drug-likeness (QED) is 0.362. The molecule has 0 aliphatic rings. The molecule has 4 heteroatoms. The zero-order valence-electron chi connectivity index (χ0n) is 6.80. The molecule has 0 saturated carbocycles. The van der Waals surface area contributed by atoms with E-state index in [1.54, 1.807) is 0 Å². The summed E-state index contributed by atoms with van der Waals surface area (Å²) in [5.74, 6) is -6.39. The molecule has 0 aliphatic heterocycles. The van der Waals surface area contributed by atoms with Crippen molar-refractivity contribution in [2.24, 2.45) is 0 Å². The van der Waals surface area contributed by atoms with Crippen LogP contribution in [0, 0.1) is 30.2 Å². The Morgan fingerprint density at radius 3 is 1.85 bits per heavy atom. The summed E-state index contributed by atoms with van der Waals surface area (Å²) in [6.07, 6.45) is 0.941. The van der Waals surface area contributed by atoms with Gasteiger partial charge in [-0.15, -0.1) is 0 Å². The first kappa shape index (κ1) is 9.77. The van der Waals surface area contributed by atoms with Crippen LogP contribution in [0.25, 0.3) is 6.08 Å². The molecule has 1 rings (SSSR count). The lowest BCUT2D eigenvalue weighted by atomic mass is 10.1. The van der Waals surface area contributed by atoms with Crippen LogP contribution in [0.5, 0.6) is 0 Å². The Hall–Kier alpha value is -1.32. The molecule has 1 aromatic rings. The molecule has 13 heavy (non-hydrogen) atoms. The van der Waals surface area contributed by atoms with Crippen molar-refractivity contribution in [1.29, 1.82) is 0 Å². The highest BCUT2D eigenvalue weighted by molar-refractivity contribution is 5.53. The predicted octanol–water partition coefficient (Wildman–Crippen LogP) is 3.19. The zero-order valence-corrected chi connectivity index (χ0v) is 6.80. The fourth-order valence-electron chi connectivity index (χ4n) is 1.00. The van der Waals surface area contributed by atoms with Gasteiger partial charge in [0, 0.05) is 5.56 Å². The van der Waals surface area contributed by atoms with Crippen LogP contribution in [0.1, 0.15) is 11.1 Å². The van der Waals surface area contributed by atoms with Gasteiger partial charge >= 0.3 is 0 Å². The Bertz CT molecular complexity index is 339. The molecular formula is C9H6F4. The first-order chi connectivity index (χ1) is 6.00. The van der Waals surface area contributed by atoms with Crippen molar-refractivity contribution >= 4 is 6.08 Å². The standard InChI is InChI=1S/C9H6F4/c1-3-5-4(2)6(10)8(12)9(13)7(5)11/h3H,1H2,2H3. The Kier molecular flexibility index (Phi) is 2.40. The number of hydrogen-bond acceptors (Lipinski definition) is 0. The minimum Gasteiger partial charge on any atom is -0.203 e. The van der Waals surface area contributed by atoms with E-state index in [4.69, 9.17) is 0 Å². The molecule has 0 heterocycles. The Labute approximate surface area is 72.5 Å². The largest absolute Gasteiger partial charge is 0.203 e. The van der Waals surface area contributed by atoms with Gasteiger partial charge in [-0.1, -0.05) is 12.7 Å². The summed E-state index contributed by atoms with van der Waals surface area (Å²) in [6, 6.07) is 0. The second-order valence-corrected chi connectivity index (χ2v) is 2.50. The molecular weight excluding hydrogens is 184 g/mol. The number of hydrogen-bond donors (Lipinski definition) is 0. The third kappa shape index (κ3) is 1.32. The smallest absolute Gasteiger partial charge is 0.198 e. The van der Waals surface area contributed by atoms with Crippen LogP contribution >= 0.6 is 0 Å². The van der Waals surface area contributed by atoms with Crippen molar-refractivity contribution in [3.63, 3.8) is 0 Å². The van der Waals surface area contributed by atoms with Gasteiger partial charge < -0.3 is 0 Å². The Morgan fingerprint density at radius 1 is 0.923 bits per heavy atom. The summed E-state index contributed by atoms with van der Waals surface area (Å²) in [5.41, 5.74) is -0.636. The van der Waals surface area contributed by atoms with Crippen LogP contribution < -0.4 is 0 Å². The van der Waals surface area contributed by atoms with E-state index < -0.39 is 23.3 Å². The van der Waals surface area contributed by atoms with Crippen molar-refractivity contribution < 1.29 is 17.6 Å². The zero-order chi connectivity index (χ0) is 10.2. The minimum absolute atomic E-state index is 0.286. The lowest BCUT2D eigenvalue weighted by Crippen LogP contribution is -2.02. The number of benzene rings is 1. The van der Waals surface area contributed by atoms with Crippen LogP contribution in [0.15, 0.2) is 6.58 Å². The van der Waals surface area contributed by atoms with Gasteiger partial charge in [0.2, 0.25) is 0 Å². The van der Waals surface area contributed by atoms with E-state index in [-0.39, 0.29) is 11.1 Å². The molecule has 0 aromatic heterocycles. The molecule has 1 aromatic carbocycles. The third-order valence-electron chi connectivity index (χ3n) is 1.75. The van der Waals surface area contributed by atoms with E-state index in [0.29, 0.717) is 0 Å². The summed E-state index contributed by atoms with van der Waals surface area (Å²) >= 11 is 0. The van der Waals surface area contributed by atoms with Crippen molar-refractivity contribution in [2.45, 2.75) is 6.92 Å². The van der Waals surface area contributed by atoms with E-state index in [1.165, 1.54) is 0 Å². The normalized spacial score (nSPS) is 10.2. The maximum atomic E-state index is 12.9. The van der Waals surface area contributed by atoms with E-state index in [0.717, 1.165) is 13.0 Å². The Morgan fingerprint density at radius 2 is 1.38 bits per heavy atom. The van der Waals surface area contributed by atoms with Crippen LogP contribution in [0.4, 0.5) is 17.6 Å². The second kappa shape index (κ2) is 3.20. The molecule has 0 bridgehead atoms. The van der Waals surface area contributed by atoms with Gasteiger partial charge in [0.1, 0.15) is 0 Å². The molecule has 0 nitrogen and oxygen atoms in total. The molecule has 70 valence electrons. The summed E-state index contributed by atoms with van der Waals surface area (Å²) in [6.45, 7) is 4.32. The highest BCUT2D eigenvalue weighted by atomic mass is 19.2. The molecule has 0 amide bonds. The predicted molar refractivity (Wildman–Crippen MR) is 41.1 cm³/mol. The fourth-order valence-corrected chi connectivity index (χ4v) is 1.00. The van der Waals surface area contributed by atoms with Crippen molar-refractivity contribution in [3.8, 4) is 0 Å². The van der Waals surface area contributed by atoms with Gasteiger partial charge in [-0.3, -0.25) is 0 Å². The van der Waals surface area contributed by atoms with Gasteiger partial charge in [0.15, 0.2) is 23.3 Å². The monoisotopic (exact) mass is 190 g/mol. The van der Waals surface area contributed by atoms with Gasteiger partial charge in [-0.2, -0.15) is 0 Å². The molecule has 0 fully saturated rings. The molecule has 0 N–H and O–H groups in total. The summed E-state index contributed by atoms with van der Waals surface area (Å²) in [7, 11) is 0. The summed E-state index contributed by atoms with van der Waals surface area (Å²) < 4.78 is 50.8. The highest BCUT2D eigenvalue weighted by Gasteiger charge is 2.20. The molecule has 0 atom stereocenters. The summed E-state index contributed by atoms with van der Waals surface area (Å²) in [5, 5.41) is 0. The topological polar surface area (TPSA) is 0 Å². The van der Waals surface area contributed by atoms with E-state index in [9.17, 15) is 17.6 Å². The Balaban J connectivity index is 3.66. The van der Waals surface area contributed by atoms with Gasteiger partial charge in [-0.25, -0.2) is 17.6 Å². The van der Waals surface area contributed by atoms with Crippen LogP contribution in [0.3, 0.4) is 0 Å². The third-order valence-corrected chi connectivity index (χ3v) is 1.75. The van der Waals surface area contributed by atoms with Gasteiger partial charge in [0.05, 0.1) is 0 Å². The van der Waals surface area contributed by atoms with Crippen LogP contribution in [0.2, 0.25) is 0 Å². The van der Waals surface area contributed by atoms with Crippen LogP contribution in [-0.2, 0) is 0 Å². The molecule has 0 aliphatic carbocycles. The van der Waals surface area contributed by atoms with Crippen molar-refractivity contribution in [1.82, 2.24) is 0 Å². The summed E-state index contributed by atoms with van der Waals surface area (Å²) in [4.78, 5) is 0. The SMILES string of the molecule is C=Cc1c(C)c(F)c(F)c(F)c1F. The lowest BCUT2D eigenvalue weighted by molar-refractivity contribution is 0.405. The average Bonchev–Trinajstić information content (AvgIpc) is 2.13. The first-order valence-electron chi connectivity index (χ1n) is 3.45. The first-order valence-corrected chi connectivity index (χ1v) is 3.45. The van der Waals surface area contributed by atoms with E-state index >= 15 is 0 Å². The lowest BCUT2D eigenvalue weighted by Gasteiger charge is -2.05. The molecule has 0 spiro atoms.